The van der Waals surface area contributed by atoms with Crippen molar-refractivity contribution >= 4 is 23.2 Å². The second-order valence-electron chi connectivity index (χ2n) is 3.81. The molecular weight excluding hydrogens is 344 g/mol. The Morgan fingerprint density at radius 1 is 1.38 bits per heavy atom. The van der Waals surface area contributed by atoms with Crippen LogP contribution in [0.2, 0.25) is 0 Å². The van der Waals surface area contributed by atoms with Gasteiger partial charge in [-0.05, 0) is 24.1 Å². The minimum Gasteiger partial charge on any atom is -0.449 e. The number of rotatable bonds is 5. The monoisotopic (exact) mass is 351 g/mol. The molecule has 6 nitrogen and oxygen atoms in total. The van der Waals surface area contributed by atoms with Gasteiger partial charge < -0.3 is 17.1 Å². The van der Waals surface area contributed by atoms with Crippen LogP contribution in [0.25, 0.3) is 10.4 Å². The molecule has 0 heterocycles. The van der Waals surface area contributed by atoms with E-state index in [0.717, 1.165) is 19.1 Å². The molecule has 110 valence electrons. The zero-order valence-electron chi connectivity index (χ0n) is 10.9. The van der Waals surface area contributed by atoms with Crippen molar-refractivity contribution in [3.05, 3.63) is 33.7 Å². The van der Waals surface area contributed by atoms with Gasteiger partial charge in [-0.15, -0.1) is 0 Å². The summed E-state index contributed by atoms with van der Waals surface area (Å²) >= 11 is 0. The van der Waals surface area contributed by atoms with Crippen LogP contribution in [0.4, 0.5) is 22.5 Å². The summed E-state index contributed by atoms with van der Waals surface area (Å²) in [7, 11) is -5.40. The normalized spacial score (nSPS) is 11.3. The fourth-order valence-corrected chi connectivity index (χ4v) is 1.88. The molecule has 0 radical (unpaired) electrons. The first-order chi connectivity index (χ1) is 9.02. The average molecular weight is 351 g/mol. The molecule has 0 aliphatic carbocycles. The van der Waals surface area contributed by atoms with Crippen molar-refractivity contribution < 1.29 is 80.8 Å². The molecule has 0 spiro atoms. The second kappa shape index (κ2) is 7.81. The molecule has 13 heteroatoms. The van der Waals surface area contributed by atoms with Crippen LogP contribution in [0.3, 0.4) is 0 Å². The largest absolute Gasteiger partial charge is 1.00 e. The zero-order chi connectivity index (χ0) is 15.6. The van der Waals surface area contributed by atoms with E-state index in [0.29, 0.717) is 0 Å². The van der Waals surface area contributed by atoms with Gasteiger partial charge in [0.25, 0.3) is 0 Å². The Kier molecular flexibility index (Phi) is 7.70. The predicted molar refractivity (Wildman–Crippen MR) is 63.4 cm³/mol. The van der Waals surface area contributed by atoms with Crippen LogP contribution in [0.15, 0.2) is 17.2 Å². The molecule has 21 heavy (non-hydrogen) atoms. The first kappa shape index (κ1) is 20.7. The number of benzene rings is 1. The van der Waals surface area contributed by atoms with E-state index >= 15 is 0 Å². The number of halogens is 4. The molecular formula is C8H7BF4KN3O3S. The second-order valence-corrected chi connectivity index (χ2v) is 4.76. The van der Waals surface area contributed by atoms with Gasteiger partial charge in [0.15, 0.2) is 0 Å². The third-order valence-electron chi connectivity index (χ3n) is 2.25. The first-order valence-corrected chi connectivity index (χ1v) is 6.36. The summed E-state index contributed by atoms with van der Waals surface area (Å²) in [6.07, 6.45) is -1.34. The topological polar surface area (TPSA) is 92.1 Å². The number of azide groups is 1. The fourth-order valence-electron chi connectivity index (χ4n) is 1.49. The minimum absolute atomic E-state index is 0. The Bertz CT molecular complexity index is 676. The summed E-state index contributed by atoms with van der Waals surface area (Å²) in [4.78, 5) is 2.36. The van der Waals surface area contributed by atoms with Gasteiger partial charge in [0.2, 0.25) is 0 Å². The van der Waals surface area contributed by atoms with E-state index in [9.17, 15) is 25.3 Å². The first-order valence-electron chi connectivity index (χ1n) is 5.05. The molecule has 0 saturated heterocycles. The van der Waals surface area contributed by atoms with Crippen molar-refractivity contribution in [1.29, 1.82) is 0 Å². The zero-order valence-corrected chi connectivity index (χ0v) is 14.9. The van der Waals surface area contributed by atoms with Crippen LogP contribution in [-0.2, 0) is 16.8 Å². The average Bonchev–Trinajstić information content (AvgIpc) is 2.21. The SMILES string of the molecule is Cc1c(C[B-](F)(F)F)cc(N=[N+]=[N-])cc1OS(=O)(=O)F.[K+]. The Hall–Kier alpha value is -0.299. The van der Waals surface area contributed by atoms with E-state index in [4.69, 9.17) is 5.53 Å². The molecule has 1 aromatic carbocycles. The molecule has 0 saturated carbocycles. The standard InChI is InChI=1S/C8H7BF4N3O3S.K/c1-5-6(4-9(10,11)12)2-7(15-16-14)3-8(5)19-20(13,17)18;/h2-3H,4H2,1H3;/q-1;+1. The number of hydrogen-bond acceptors (Lipinski definition) is 4. The third kappa shape index (κ3) is 7.49. The Balaban J connectivity index is 0.00000400. The van der Waals surface area contributed by atoms with Crippen molar-refractivity contribution in [2.45, 2.75) is 13.2 Å². The maximum absolute atomic E-state index is 12.5. The third-order valence-corrected chi connectivity index (χ3v) is 2.63. The maximum atomic E-state index is 12.5. The quantitative estimate of drug-likeness (QED) is 0.193. The van der Waals surface area contributed by atoms with Crippen molar-refractivity contribution in [2.24, 2.45) is 5.11 Å². The Morgan fingerprint density at radius 3 is 2.38 bits per heavy atom. The summed E-state index contributed by atoms with van der Waals surface area (Å²) < 4.78 is 74.5. The van der Waals surface area contributed by atoms with Gasteiger partial charge in [-0.3, -0.25) is 0 Å². The maximum Gasteiger partial charge on any atom is 1.00 e. The van der Waals surface area contributed by atoms with Crippen LogP contribution >= 0.6 is 0 Å². The van der Waals surface area contributed by atoms with Crippen molar-refractivity contribution in [3.63, 3.8) is 0 Å². The van der Waals surface area contributed by atoms with Crippen LogP contribution in [-0.4, -0.2) is 15.4 Å². The van der Waals surface area contributed by atoms with Gasteiger partial charge in [-0.25, -0.2) is 0 Å². The molecule has 0 aliphatic rings. The van der Waals surface area contributed by atoms with E-state index in [1.807, 2.05) is 0 Å². The molecule has 1 aromatic rings. The molecule has 1 rings (SSSR count). The summed E-state index contributed by atoms with van der Waals surface area (Å²) in [6.45, 7) is -4.08. The fraction of sp³-hybridized carbons (Fsp3) is 0.250. The van der Waals surface area contributed by atoms with Crippen LogP contribution in [0.5, 0.6) is 5.75 Å². The molecule has 0 fully saturated rings. The van der Waals surface area contributed by atoms with Gasteiger partial charge in [0, 0.05) is 10.6 Å². The number of hydrogen-bond donors (Lipinski definition) is 0. The van der Waals surface area contributed by atoms with Gasteiger partial charge in [-0.1, -0.05) is 27.0 Å². The molecule has 0 N–H and O–H groups in total. The van der Waals surface area contributed by atoms with Crippen molar-refractivity contribution in [1.82, 2.24) is 0 Å². The van der Waals surface area contributed by atoms with Gasteiger partial charge in [0.05, 0.1) is 0 Å². The van der Waals surface area contributed by atoms with Crippen LogP contribution in [0, 0.1) is 6.92 Å². The Morgan fingerprint density at radius 2 is 1.95 bits per heavy atom. The minimum atomic E-state index is -5.40. The van der Waals surface area contributed by atoms with E-state index in [-0.39, 0.29) is 68.2 Å². The van der Waals surface area contributed by atoms with Gasteiger partial charge >= 0.3 is 68.9 Å². The molecule has 0 atom stereocenters. The summed E-state index contributed by atoms with van der Waals surface area (Å²) in [5.74, 6) is -0.660. The summed E-state index contributed by atoms with van der Waals surface area (Å²) in [5, 5.41) is 3.05. The van der Waals surface area contributed by atoms with Crippen LogP contribution in [0.1, 0.15) is 11.1 Å². The van der Waals surface area contributed by atoms with Gasteiger partial charge in [0.1, 0.15) is 5.75 Å². The molecule has 0 aliphatic heterocycles. The van der Waals surface area contributed by atoms with Gasteiger partial charge in [-0.2, -0.15) is 8.42 Å². The van der Waals surface area contributed by atoms with E-state index < -0.39 is 29.6 Å². The van der Waals surface area contributed by atoms with Crippen molar-refractivity contribution in [2.75, 3.05) is 0 Å². The molecule has 0 amide bonds. The van der Waals surface area contributed by atoms with Crippen molar-refractivity contribution in [3.8, 4) is 5.75 Å². The van der Waals surface area contributed by atoms with E-state index in [2.05, 4.69) is 14.2 Å². The number of nitrogens with zero attached hydrogens (tertiary/aromatic N) is 3. The Labute approximate surface area is 160 Å². The van der Waals surface area contributed by atoms with E-state index in [1.165, 1.54) is 0 Å². The molecule has 0 aromatic heterocycles. The summed E-state index contributed by atoms with van der Waals surface area (Å²) in [5.41, 5.74) is 7.36. The van der Waals surface area contributed by atoms with Crippen LogP contribution < -0.4 is 55.6 Å². The summed E-state index contributed by atoms with van der Waals surface area (Å²) in [6, 6.07) is 1.76. The smallest absolute Gasteiger partial charge is 0.449 e. The van der Waals surface area contributed by atoms with E-state index in [1.54, 1.807) is 0 Å². The predicted octanol–water partition coefficient (Wildman–Crippen LogP) is 0.463. The molecule has 0 unspecified atom stereocenters. The molecule has 0 bridgehead atoms.